The number of aliphatic hydroxyl groups excluding tert-OH is 1. The Morgan fingerprint density at radius 2 is 2.23 bits per heavy atom. The number of nitrogens with two attached hydrogens (primary N) is 1. The van der Waals surface area contributed by atoms with Crippen molar-refractivity contribution in [1.29, 1.82) is 0 Å². The Kier molecular flexibility index (Phi) is 4.59. The van der Waals surface area contributed by atoms with Crippen LogP contribution in [0.1, 0.15) is 5.56 Å². The topological polar surface area (TPSA) is 46.2 Å². The highest BCUT2D eigenvalue weighted by Crippen LogP contribution is 2.24. The van der Waals surface area contributed by atoms with Crippen LogP contribution < -0.4 is 5.73 Å². The quantitative estimate of drug-likeness (QED) is 0.758. The van der Waals surface area contributed by atoms with Gasteiger partial charge in [-0.05, 0) is 17.7 Å². The summed E-state index contributed by atoms with van der Waals surface area (Å²) in [4.78, 5) is 1.07. The molecular formula is C9H12ClNOS. The van der Waals surface area contributed by atoms with Gasteiger partial charge in [0.25, 0.3) is 0 Å². The van der Waals surface area contributed by atoms with Crippen LogP contribution in [0.15, 0.2) is 23.1 Å². The second kappa shape index (κ2) is 5.50. The maximum Gasteiger partial charge on any atom is 0.0525 e. The number of aliphatic hydroxyl groups is 1. The van der Waals surface area contributed by atoms with Crippen LogP contribution in [0.4, 0.5) is 0 Å². The molecule has 0 radical (unpaired) electrons. The number of hydrogen-bond donors (Lipinski definition) is 2. The number of hydrogen-bond acceptors (Lipinski definition) is 3. The molecule has 0 spiro atoms. The Hall–Kier alpha value is -0.220. The van der Waals surface area contributed by atoms with Crippen LogP contribution >= 0.6 is 23.4 Å². The Bertz CT molecular complexity index is 280. The SMILES string of the molecule is NCc1ccc(SCCO)cc1Cl. The first-order valence-electron chi connectivity index (χ1n) is 4.00. The molecule has 0 aliphatic carbocycles. The van der Waals surface area contributed by atoms with Crippen LogP contribution in [0.5, 0.6) is 0 Å². The molecule has 0 saturated carbocycles. The summed E-state index contributed by atoms with van der Waals surface area (Å²) in [6, 6.07) is 5.76. The highest BCUT2D eigenvalue weighted by molar-refractivity contribution is 7.99. The molecular weight excluding hydrogens is 206 g/mol. The van der Waals surface area contributed by atoms with E-state index in [1.807, 2.05) is 18.2 Å². The van der Waals surface area contributed by atoms with Gasteiger partial charge in [0.15, 0.2) is 0 Å². The molecule has 0 aromatic heterocycles. The summed E-state index contributed by atoms with van der Waals surface area (Å²) < 4.78 is 0. The summed E-state index contributed by atoms with van der Waals surface area (Å²) in [7, 11) is 0. The van der Waals surface area contributed by atoms with E-state index in [9.17, 15) is 0 Å². The fourth-order valence-electron chi connectivity index (χ4n) is 0.947. The summed E-state index contributed by atoms with van der Waals surface area (Å²) in [5.41, 5.74) is 6.42. The second-order valence-corrected chi connectivity index (χ2v) is 4.10. The molecule has 2 nitrogen and oxygen atoms in total. The molecule has 0 atom stereocenters. The zero-order valence-corrected chi connectivity index (χ0v) is 8.74. The van der Waals surface area contributed by atoms with Gasteiger partial charge in [0.2, 0.25) is 0 Å². The molecule has 72 valence electrons. The second-order valence-electron chi connectivity index (χ2n) is 2.53. The molecule has 1 aromatic rings. The Labute approximate surface area is 87.1 Å². The number of halogens is 1. The lowest BCUT2D eigenvalue weighted by molar-refractivity contribution is 0.322. The smallest absolute Gasteiger partial charge is 0.0525 e. The third-order valence-electron chi connectivity index (χ3n) is 1.60. The predicted octanol–water partition coefficient (Wildman–Crippen LogP) is 1.88. The minimum atomic E-state index is 0.181. The van der Waals surface area contributed by atoms with Crippen molar-refractivity contribution < 1.29 is 5.11 Å². The van der Waals surface area contributed by atoms with Crippen LogP contribution in [-0.4, -0.2) is 17.5 Å². The highest BCUT2D eigenvalue weighted by atomic mass is 35.5. The van der Waals surface area contributed by atoms with Crippen molar-refractivity contribution in [3.8, 4) is 0 Å². The minimum Gasteiger partial charge on any atom is -0.396 e. The van der Waals surface area contributed by atoms with E-state index in [4.69, 9.17) is 22.4 Å². The standard InChI is InChI=1S/C9H12ClNOS/c10-9-5-8(13-4-3-12)2-1-7(9)6-11/h1-2,5,12H,3-4,6,11H2. The molecule has 1 rings (SSSR count). The molecule has 0 amide bonds. The monoisotopic (exact) mass is 217 g/mol. The molecule has 4 heteroatoms. The van der Waals surface area contributed by atoms with Crippen LogP contribution in [0.25, 0.3) is 0 Å². The van der Waals surface area contributed by atoms with Crippen molar-refractivity contribution in [2.75, 3.05) is 12.4 Å². The van der Waals surface area contributed by atoms with Gasteiger partial charge in [0, 0.05) is 22.2 Å². The highest BCUT2D eigenvalue weighted by Gasteiger charge is 2.00. The van der Waals surface area contributed by atoms with E-state index in [2.05, 4.69) is 0 Å². The molecule has 3 N–H and O–H groups in total. The average Bonchev–Trinajstić information content (AvgIpc) is 2.15. The summed E-state index contributed by atoms with van der Waals surface area (Å²) in [5.74, 6) is 0.693. The van der Waals surface area contributed by atoms with Crippen LogP contribution in [0.2, 0.25) is 5.02 Å². The van der Waals surface area contributed by atoms with Crippen LogP contribution in [-0.2, 0) is 6.54 Å². The van der Waals surface area contributed by atoms with Gasteiger partial charge in [-0.1, -0.05) is 17.7 Å². The van der Waals surface area contributed by atoms with Crippen molar-refractivity contribution in [2.24, 2.45) is 5.73 Å². The third-order valence-corrected chi connectivity index (χ3v) is 2.93. The van der Waals surface area contributed by atoms with E-state index in [-0.39, 0.29) is 6.61 Å². The summed E-state index contributed by atoms with van der Waals surface area (Å²) in [5, 5.41) is 9.32. The normalized spacial score (nSPS) is 10.4. The maximum absolute atomic E-state index is 8.62. The zero-order valence-electron chi connectivity index (χ0n) is 7.16. The zero-order chi connectivity index (χ0) is 9.68. The number of thioether (sulfide) groups is 1. The van der Waals surface area contributed by atoms with Gasteiger partial charge in [-0.2, -0.15) is 0 Å². The molecule has 0 heterocycles. The lowest BCUT2D eigenvalue weighted by atomic mass is 10.2. The van der Waals surface area contributed by atoms with Crippen LogP contribution in [0, 0.1) is 0 Å². The van der Waals surface area contributed by atoms with Gasteiger partial charge in [-0.15, -0.1) is 11.8 Å². The van der Waals surface area contributed by atoms with E-state index in [1.54, 1.807) is 11.8 Å². The van der Waals surface area contributed by atoms with Crippen molar-refractivity contribution in [1.82, 2.24) is 0 Å². The summed E-state index contributed by atoms with van der Waals surface area (Å²) >= 11 is 7.53. The first-order valence-corrected chi connectivity index (χ1v) is 5.36. The first kappa shape index (κ1) is 10.9. The van der Waals surface area contributed by atoms with Gasteiger partial charge in [-0.3, -0.25) is 0 Å². The van der Waals surface area contributed by atoms with Gasteiger partial charge in [0.05, 0.1) is 6.61 Å². The van der Waals surface area contributed by atoms with Crippen molar-refractivity contribution in [3.05, 3.63) is 28.8 Å². The Morgan fingerprint density at radius 1 is 1.46 bits per heavy atom. The predicted molar refractivity (Wildman–Crippen MR) is 57.2 cm³/mol. The van der Waals surface area contributed by atoms with Crippen molar-refractivity contribution in [2.45, 2.75) is 11.4 Å². The lowest BCUT2D eigenvalue weighted by Gasteiger charge is -2.03. The van der Waals surface area contributed by atoms with Crippen molar-refractivity contribution in [3.63, 3.8) is 0 Å². The summed E-state index contributed by atoms with van der Waals surface area (Å²) in [6.45, 7) is 0.644. The van der Waals surface area contributed by atoms with Gasteiger partial charge < -0.3 is 10.8 Å². The fourth-order valence-corrected chi connectivity index (χ4v) is 1.96. The van der Waals surface area contributed by atoms with Gasteiger partial charge in [0.1, 0.15) is 0 Å². The molecule has 0 fully saturated rings. The molecule has 0 saturated heterocycles. The van der Waals surface area contributed by atoms with E-state index < -0.39 is 0 Å². The molecule has 0 bridgehead atoms. The van der Waals surface area contributed by atoms with Gasteiger partial charge >= 0.3 is 0 Å². The molecule has 1 aromatic carbocycles. The summed E-state index contributed by atoms with van der Waals surface area (Å²) in [6.07, 6.45) is 0. The number of benzene rings is 1. The molecule has 0 aliphatic heterocycles. The Balaban J connectivity index is 2.71. The maximum atomic E-state index is 8.62. The first-order chi connectivity index (χ1) is 6.27. The molecule has 0 unspecified atom stereocenters. The van der Waals surface area contributed by atoms with E-state index in [0.717, 1.165) is 10.5 Å². The van der Waals surface area contributed by atoms with Crippen LogP contribution in [0.3, 0.4) is 0 Å². The van der Waals surface area contributed by atoms with E-state index in [1.165, 1.54) is 0 Å². The van der Waals surface area contributed by atoms with Crippen molar-refractivity contribution >= 4 is 23.4 Å². The van der Waals surface area contributed by atoms with E-state index >= 15 is 0 Å². The van der Waals surface area contributed by atoms with E-state index in [0.29, 0.717) is 17.3 Å². The fraction of sp³-hybridized carbons (Fsp3) is 0.333. The Morgan fingerprint density at radius 3 is 2.77 bits per heavy atom. The largest absolute Gasteiger partial charge is 0.396 e. The minimum absolute atomic E-state index is 0.181. The molecule has 13 heavy (non-hydrogen) atoms. The third kappa shape index (κ3) is 3.19. The van der Waals surface area contributed by atoms with Gasteiger partial charge in [-0.25, -0.2) is 0 Å². The number of rotatable bonds is 4. The lowest BCUT2D eigenvalue weighted by Crippen LogP contribution is -1.96. The average molecular weight is 218 g/mol. The molecule has 0 aliphatic rings.